The third-order valence-electron chi connectivity index (χ3n) is 3.18. The van der Waals surface area contributed by atoms with Gasteiger partial charge in [-0.15, -0.1) is 11.3 Å². The fraction of sp³-hybridized carbons (Fsp3) is 0.125. The van der Waals surface area contributed by atoms with Crippen molar-refractivity contribution in [2.45, 2.75) is 11.3 Å². The number of nitrogens with one attached hydrogen (secondary N) is 1. The molecular formula is C16H14ClN3OS2. The van der Waals surface area contributed by atoms with E-state index in [1.807, 2.05) is 37.3 Å². The Morgan fingerprint density at radius 2 is 2.17 bits per heavy atom. The van der Waals surface area contributed by atoms with E-state index in [0.29, 0.717) is 22.2 Å². The molecule has 1 heterocycles. The van der Waals surface area contributed by atoms with Crippen LogP contribution in [-0.2, 0) is 4.79 Å². The third-order valence-corrected chi connectivity index (χ3v) is 5.74. The Hall–Kier alpha value is -1.76. The van der Waals surface area contributed by atoms with Crippen LogP contribution in [0.25, 0.3) is 10.2 Å². The van der Waals surface area contributed by atoms with Crippen molar-refractivity contribution in [2.24, 2.45) is 0 Å². The highest BCUT2D eigenvalue weighted by Crippen LogP contribution is 2.30. The van der Waals surface area contributed by atoms with Crippen LogP contribution in [0.1, 0.15) is 5.56 Å². The van der Waals surface area contributed by atoms with Crippen molar-refractivity contribution in [2.75, 3.05) is 16.8 Å². The maximum absolute atomic E-state index is 12.0. The third kappa shape index (κ3) is 3.96. The standard InChI is InChI=1S/C16H14ClN3OS2/c1-9-2-4-11(7-12(9)17)19-15(21)8-22-16-20-13-5-3-10(18)6-14(13)23-16/h2-7H,8,18H2,1H3,(H,19,21). The topological polar surface area (TPSA) is 68.0 Å². The molecule has 3 aromatic rings. The molecule has 0 saturated heterocycles. The molecule has 2 aromatic carbocycles. The van der Waals surface area contributed by atoms with Gasteiger partial charge >= 0.3 is 0 Å². The number of rotatable bonds is 4. The highest BCUT2D eigenvalue weighted by atomic mass is 35.5. The van der Waals surface area contributed by atoms with Crippen LogP contribution in [0.5, 0.6) is 0 Å². The highest BCUT2D eigenvalue weighted by molar-refractivity contribution is 8.01. The molecule has 1 aromatic heterocycles. The zero-order chi connectivity index (χ0) is 16.4. The minimum atomic E-state index is -0.0892. The van der Waals surface area contributed by atoms with E-state index < -0.39 is 0 Å². The quantitative estimate of drug-likeness (QED) is 0.526. The Balaban J connectivity index is 1.62. The van der Waals surface area contributed by atoms with Gasteiger partial charge in [-0.2, -0.15) is 0 Å². The van der Waals surface area contributed by atoms with Crippen LogP contribution < -0.4 is 11.1 Å². The number of carbonyl (C=O) groups excluding carboxylic acids is 1. The molecular weight excluding hydrogens is 350 g/mol. The van der Waals surface area contributed by atoms with E-state index in [2.05, 4.69) is 10.3 Å². The highest BCUT2D eigenvalue weighted by Gasteiger charge is 2.09. The summed E-state index contributed by atoms with van der Waals surface area (Å²) in [6.45, 7) is 1.92. The fourth-order valence-corrected chi connectivity index (χ4v) is 4.07. The van der Waals surface area contributed by atoms with Gasteiger partial charge in [0.2, 0.25) is 5.91 Å². The van der Waals surface area contributed by atoms with Gasteiger partial charge in [0, 0.05) is 16.4 Å². The number of hydrogen-bond acceptors (Lipinski definition) is 5. The van der Waals surface area contributed by atoms with Gasteiger partial charge in [-0.3, -0.25) is 4.79 Å². The van der Waals surface area contributed by atoms with Crippen molar-refractivity contribution < 1.29 is 4.79 Å². The number of fused-ring (bicyclic) bond motifs is 1. The minimum Gasteiger partial charge on any atom is -0.399 e. The number of thioether (sulfide) groups is 1. The molecule has 118 valence electrons. The molecule has 0 aliphatic rings. The van der Waals surface area contributed by atoms with E-state index in [9.17, 15) is 4.79 Å². The maximum Gasteiger partial charge on any atom is 0.234 e. The normalized spacial score (nSPS) is 10.9. The molecule has 0 aliphatic carbocycles. The van der Waals surface area contributed by atoms with Gasteiger partial charge in [-0.25, -0.2) is 4.98 Å². The summed E-state index contributed by atoms with van der Waals surface area (Å²) in [6, 6.07) is 11.1. The number of nitrogen functional groups attached to an aromatic ring is 1. The number of anilines is 2. The van der Waals surface area contributed by atoms with Gasteiger partial charge in [-0.1, -0.05) is 29.4 Å². The van der Waals surface area contributed by atoms with E-state index >= 15 is 0 Å². The molecule has 7 heteroatoms. The second-order valence-electron chi connectivity index (χ2n) is 5.01. The van der Waals surface area contributed by atoms with Crippen LogP contribution in [0, 0.1) is 6.92 Å². The number of nitrogens with two attached hydrogens (primary N) is 1. The van der Waals surface area contributed by atoms with Crippen molar-refractivity contribution in [1.82, 2.24) is 4.98 Å². The van der Waals surface area contributed by atoms with Gasteiger partial charge < -0.3 is 11.1 Å². The van der Waals surface area contributed by atoms with E-state index in [4.69, 9.17) is 17.3 Å². The van der Waals surface area contributed by atoms with E-state index in [1.165, 1.54) is 23.1 Å². The monoisotopic (exact) mass is 363 g/mol. The summed E-state index contributed by atoms with van der Waals surface area (Å²) in [7, 11) is 0. The number of aromatic nitrogens is 1. The number of hydrogen-bond donors (Lipinski definition) is 2. The Morgan fingerprint density at radius 1 is 1.35 bits per heavy atom. The number of benzene rings is 2. The second-order valence-corrected chi connectivity index (χ2v) is 7.67. The van der Waals surface area contributed by atoms with Crippen LogP contribution >= 0.6 is 34.7 Å². The first kappa shape index (κ1) is 16.1. The van der Waals surface area contributed by atoms with Crippen LogP contribution in [0.2, 0.25) is 5.02 Å². The molecule has 0 aliphatic heterocycles. The molecule has 3 N–H and O–H groups in total. The maximum atomic E-state index is 12.0. The molecule has 0 radical (unpaired) electrons. The summed E-state index contributed by atoms with van der Waals surface area (Å²) in [5.41, 5.74) is 9.05. The lowest BCUT2D eigenvalue weighted by molar-refractivity contribution is -0.113. The lowest BCUT2D eigenvalue weighted by Gasteiger charge is -2.06. The Labute approximate surface area is 147 Å². The van der Waals surface area contributed by atoms with Crippen LogP contribution in [0.4, 0.5) is 11.4 Å². The average molecular weight is 364 g/mol. The summed E-state index contributed by atoms with van der Waals surface area (Å²) in [6.07, 6.45) is 0. The number of halogens is 1. The van der Waals surface area contributed by atoms with Gasteiger partial charge in [0.15, 0.2) is 4.34 Å². The predicted octanol–water partition coefficient (Wildman–Crippen LogP) is 4.57. The molecule has 0 spiro atoms. The van der Waals surface area contributed by atoms with Crippen LogP contribution in [-0.4, -0.2) is 16.6 Å². The molecule has 0 saturated carbocycles. The largest absolute Gasteiger partial charge is 0.399 e. The van der Waals surface area contributed by atoms with Gasteiger partial charge in [0.1, 0.15) is 0 Å². The van der Waals surface area contributed by atoms with Gasteiger partial charge in [0.05, 0.1) is 16.0 Å². The van der Waals surface area contributed by atoms with Crippen molar-refractivity contribution in [3.8, 4) is 0 Å². The van der Waals surface area contributed by atoms with Crippen molar-refractivity contribution >= 4 is 62.2 Å². The van der Waals surface area contributed by atoms with E-state index in [1.54, 1.807) is 6.07 Å². The van der Waals surface area contributed by atoms with Gasteiger partial charge in [-0.05, 0) is 42.8 Å². The van der Waals surface area contributed by atoms with Crippen molar-refractivity contribution in [3.05, 3.63) is 47.0 Å². The Morgan fingerprint density at radius 3 is 2.96 bits per heavy atom. The second kappa shape index (κ2) is 6.78. The first-order chi connectivity index (χ1) is 11.0. The molecule has 0 fully saturated rings. The molecule has 0 bridgehead atoms. The summed E-state index contributed by atoms with van der Waals surface area (Å²) in [5, 5.41) is 3.47. The van der Waals surface area contributed by atoms with Crippen LogP contribution in [0.3, 0.4) is 0 Å². The van der Waals surface area contributed by atoms with Crippen molar-refractivity contribution in [3.63, 3.8) is 0 Å². The van der Waals surface area contributed by atoms with E-state index in [0.717, 1.165) is 20.1 Å². The number of thiazole rings is 1. The average Bonchev–Trinajstić information content (AvgIpc) is 2.91. The molecule has 3 rings (SSSR count). The summed E-state index contributed by atoms with van der Waals surface area (Å²) < 4.78 is 1.88. The fourth-order valence-electron chi connectivity index (χ4n) is 1.98. The first-order valence-corrected chi connectivity index (χ1v) is 9.04. The summed E-state index contributed by atoms with van der Waals surface area (Å²) in [5.74, 6) is 0.203. The predicted molar refractivity (Wildman–Crippen MR) is 99.6 cm³/mol. The molecule has 4 nitrogen and oxygen atoms in total. The van der Waals surface area contributed by atoms with Crippen LogP contribution in [0.15, 0.2) is 40.7 Å². The number of amides is 1. The summed E-state index contributed by atoms with van der Waals surface area (Å²) in [4.78, 5) is 16.5. The van der Waals surface area contributed by atoms with Crippen molar-refractivity contribution in [1.29, 1.82) is 0 Å². The van der Waals surface area contributed by atoms with E-state index in [-0.39, 0.29) is 5.91 Å². The minimum absolute atomic E-state index is 0.0892. The Bertz CT molecular complexity index is 879. The molecule has 1 amide bonds. The van der Waals surface area contributed by atoms with Gasteiger partial charge in [0.25, 0.3) is 0 Å². The molecule has 0 atom stereocenters. The number of aryl methyl sites for hydroxylation is 1. The molecule has 0 unspecified atom stereocenters. The number of carbonyl (C=O) groups is 1. The SMILES string of the molecule is Cc1ccc(NC(=O)CSc2nc3ccc(N)cc3s2)cc1Cl. The smallest absolute Gasteiger partial charge is 0.234 e. The zero-order valence-electron chi connectivity index (χ0n) is 12.3. The lowest BCUT2D eigenvalue weighted by atomic mass is 10.2. The zero-order valence-corrected chi connectivity index (χ0v) is 14.7. The molecule has 23 heavy (non-hydrogen) atoms. The number of nitrogens with zero attached hydrogens (tertiary/aromatic N) is 1. The summed E-state index contributed by atoms with van der Waals surface area (Å²) >= 11 is 9.00. The lowest BCUT2D eigenvalue weighted by Crippen LogP contribution is -2.13. The first-order valence-electron chi connectivity index (χ1n) is 6.86. The Kier molecular flexibility index (Phi) is 4.75.